The Morgan fingerprint density at radius 2 is 1.33 bits per heavy atom. The van der Waals surface area contributed by atoms with Crippen LogP contribution >= 0.6 is 0 Å². The first-order valence-corrected chi connectivity index (χ1v) is 10.8. The summed E-state index contributed by atoms with van der Waals surface area (Å²) in [6.45, 7) is 4.66. The zero-order chi connectivity index (χ0) is 23.6. The molecule has 0 radical (unpaired) electrons. The molecule has 0 heterocycles. The Hall–Kier alpha value is -4.11. The summed E-state index contributed by atoms with van der Waals surface area (Å²) in [6, 6.07) is 19.9. The van der Waals surface area contributed by atoms with Crippen LogP contribution in [0.1, 0.15) is 58.5 Å². The highest BCUT2D eigenvalue weighted by atomic mass is 16.5. The average Bonchev–Trinajstić information content (AvgIpc) is 2.85. The van der Waals surface area contributed by atoms with E-state index in [2.05, 4.69) is 13.0 Å². The molecular formula is C27H25NO5. The molecule has 0 N–H and O–H groups in total. The standard InChI is InChI=1S/C27H25NO5/c1-3-5-16-31-23-11-6-20(7-12-23)26(29)32-24-13-8-21(9-14-24)27(30)33-25-15-10-22(18-28)19(4-2)17-25/h6-15,17H,3-5,16H2,1-2H3. The number of nitrogens with zero attached hydrogens (tertiary/aromatic N) is 1. The number of carbonyl (C=O) groups excluding carboxylic acids is 2. The van der Waals surface area contributed by atoms with Crippen molar-refractivity contribution in [2.24, 2.45) is 0 Å². The first-order valence-electron chi connectivity index (χ1n) is 10.8. The first kappa shape index (κ1) is 23.6. The van der Waals surface area contributed by atoms with Crippen molar-refractivity contribution in [1.29, 1.82) is 5.26 Å². The summed E-state index contributed by atoms with van der Waals surface area (Å²) < 4.78 is 16.4. The normalized spacial score (nSPS) is 10.2. The van der Waals surface area contributed by atoms with E-state index in [0.29, 0.717) is 47.0 Å². The smallest absolute Gasteiger partial charge is 0.343 e. The third-order valence-corrected chi connectivity index (χ3v) is 4.95. The molecule has 33 heavy (non-hydrogen) atoms. The van der Waals surface area contributed by atoms with Gasteiger partial charge in [-0.1, -0.05) is 20.3 Å². The maximum atomic E-state index is 12.4. The molecule has 0 unspecified atom stereocenters. The molecule has 0 aliphatic heterocycles. The lowest BCUT2D eigenvalue weighted by atomic mass is 10.1. The second-order valence-corrected chi connectivity index (χ2v) is 7.31. The molecule has 0 saturated heterocycles. The van der Waals surface area contributed by atoms with Crippen LogP contribution in [-0.4, -0.2) is 18.5 Å². The van der Waals surface area contributed by atoms with Crippen LogP contribution < -0.4 is 14.2 Å². The Kier molecular flexibility index (Phi) is 8.20. The van der Waals surface area contributed by atoms with E-state index in [-0.39, 0.29) is 0 Å². The van der Waals surface area contributed by atoms with Crippen LogP contribution in [0.25, 0.3) is 0 Å². The molecule has 0 aliphatic rings. The van der Waals surface area contributed by atoms with Crippen molar-refractivity contribution >= 4 is 11.9 Å². The lowest BCUT2D eigenvalue weighted by molar-refractivity contribution is 0.0730. The topological polar surface area (TPSA) is 85.6 Å². The number of carbonyl (C=O) groups is 2. The Morgan fingerprint density at radius 1 is 0.788 bits per heavy atom. The Labute approximate surface area is 193 Å². The number of unbranched alkanes of at least 4 members (excludes halogenated alkanes) is 1. The highest BCUT2D eigenvalue weighted by molar-refractivity contribution is 5.92. The van der Waals surface area contributed by atoms with E-state index in [9.17, 15) is 9.59 Å². The van der Waals surface area contributed by atoms with Crippen molar-refractivity contribution < 1.29 is 23.8 Å². The highest BCUT2D eigenvalue weighted by Gasteiger charge is 2.13. The van der Waals surface area contributed by atoms with Gasteiger partial charge in [0.25, 0.3) is 0 Å². The number of hydrogen-bond acceptors (Lipinski definition) is 6. The summed E-state index contributed by atoms with van der Waals surface area (Å²) in [5.41, 5.74) is 2.08. The van der Waals surface area contributed by atoms with Crippen LogP contribution in [0.4, 0.5) is 0 Å². The number of ether oxygens (including phenoxy) is 3. The van der Waals surface area contributed by atoms with Gasteiger partial charge >= 0.3 is 11.9 Å². The predicted molar refractivity (Wildman–Crippen MR) is 124 cm³/mol. The largest absolute Gasteiger partial charge is 0.494 e. The van der Waals surface area contributed by atoms with Gasteiger partial charge in [0.1, 0.15) is 17.2 Å². The summed E-state index contributed by atoms with van der Waals surface area (Å²) in [5.74, 6) is 0.338. The molecule has 168 valence electrons. The monoisotopic (exact) mass is 443 g/mol. The van der Waals surface area contributed by atoms with Crippen molar-refractivity contribution in [3.63, 3.8) is 0 Å². The molecule has 0 aromatic heterocycles. The molecule has 0 saturated carbocycles. The molecule has 3 aromatic rings. The lowest BCUT2D eigenvalue weighted by Crippen LogP contribution is -2.10. The van der Waals surface area contributed by atoms with Crippen molar-refractivity contribution in [3.05, 3.63) is 89.0 Å². The summed E-state index contributed by atoms with van der Waals surface area (Å²) in [4.78, 5) is 24.8. The summed E-state index contributed by atoms with van der Waals surface area (Å²) in [7, 11) is 0. The van der Waals surface area contributed by atoms with E-state index < -0.39 is 11.9 Å². The minimum atomic E-state index is -0.543. The van der Waals surface area contributed by atoms with Gasteiger partial charge < -0.3 is 14.2 Å². The molecule has 0 amide bonds. The van der Waals surface area contributed by atoms with E-state index in [4.69, 9.17) is 19.5 Å². The third-order valence-electron chi connectivity index (χ3n) is 4.95. The molecule has 3 aromatic carbocycles. The van der Waals surface area contributed by atoms with Crippen molar-refractivity contribution in [2.45, 2.75) is 33.1 Å². The van der Waals surface area contributed by atoms with Crippen LogP contribution in [0, 0.1) is 11.3 Å². The maximum Gasteiger partial charge on any atom is 0.343 e. The number of benzene rings is 3. The second kappa shape index (κ2) is 11.5. The van der Waals surface area contributed by atoms with Crippen LogP contribution in [0.15, 0.2) is 66.7 Å². The minimum absolute atomic E-state index is 0.311. The van der Waals surface area contributed by atoms with Gasteiger partial charge in [0.05, 0.1) is 29.4 Å². The van der Waals surface area contributed by atoms with E-state index >= 15 is 0 Å². The van der Waals surface area contributed by atoms with Gasteiger partial charge in [-0.3, -0.25) is 0 Å². The third kappa shape index (κ3) is 6.44. The second-order valence-electron chi connectivity index (χ2n) is 7.31. The maximum absolute atomic E-state index is 12.4. The highest BCUT2D eigenvalue weighted by Crippen LogP contribution is 2.21. The molecule has 6 nitrogen and oxygen atoms in total. The van der Waals surface area contributed by atoms with E-state index in [1.807, 2.05) is 6.92 Å². The predicted octanol–water partition coefficient (Wildman–Crippen LogP) is 5.74. The number of aryl methyl sites for hydroxylation is 1. The van der Waals surface area contributed by atoms with Crippen LogP contribution in [0.3, 0.4) is 0 Å². The number of nitriles is 1. The van der Waals surface area contributed by atoms with Crippen molar-refractivity contribution in [3.8, 4) is 23.3 Å². The Bertz CT molecular complexity index is 1140. The lowest BCUT2D eigenvalue weighted by Gasteiger charge is -2.09. The SMILES string of the molecule is CCCCOc1ccc(C(=O)Oc2ccc(C(=O)Oc3ccc(C#N)c(CC)c3)cc2)cc1. The summed E-state index contributed by atoms with van der Waals surface area (Å²) in [6.07, 6.45) is 2.68. The number of esters is 2. The van der Waals surface area contributed by atoms with Gasteiger partial charge in [0, 0.05) is 0 Å². The Morgan fingerprint density at radius 3 is 1.88 bits per heavy atom. The molecule has 0 fully saturated rings. The molecular weight excluding hydrogens is 418 g/mol. The van der Waals surface area contributed by atoms with Crippen molar-refractivity contribution in [1.82, 2.24) is 0 Å². The molecule has 6 heteroatoms. The molecule has 0 bridgehead atoms. The number of hydrogen-bond donors (Lipinski definition) is 0. The quantitative estimate of drug-likeness (QED) is 0.238. The van der Waals surface area contributed by atoms with Gasteiger partial charge in [0.15, 0.2) is 0 Å². The van der Waals surface area contributed by atoms with E-state index in [1.54, 1.807) is 42.5 Å². The fourth-order valence-corrected chi connectivity index (χ4v) is 3.05. The summed E-state index contributed by atoms with van der Waals surface area (Å²) in [5, 5.41) is 9.11. The fourth-order valence-electron chi connectivity index (χ4n) is 3.05. The zero-order valence-electron chi connectivity index (χ0n) is 18.7. The summed E-state index contributed by atoms with van der Waals surface area (Å²) >= 11 is 0. The van der Waals surface area contributed by atoms with Gasteiger partial charge in [0.2, 0.25) is 0 Å². The molecule has 0 spiro atoms. The van der Waals surface area contributed by atoms with Crippen LogP contribution in [0.2, 0.25) is 0 Å². The minimum Gasteiger partial charge on any atom is -0.494 e. The average molecular weight is 443 g/mol. The molecule has 3 rings (SSSR count). The number of rotatable bonds is 9. The Balaban J connectivity index is 1.59. The van der Waals surface area contributed by atoms with Crippen LogP contribution in [-0.2, 0) is 6.42 Å². The first-order chi connectivity index (χ1) is 16.0. The van der Waals surface area contributed by atoms with Gasteiger partial charge in [-0.15, -0.1) is 0 Å². The van der Waals surface area contributed by atoms with E-state index in [0.717, 1.165) is 18.4 Å². The van der Waals surface area contributed by atoms with Crippen LogP contribution in [0.5, 0.6) is 17.2 Å². The van der Waals surface area contributed by atoms with E-state index in [1.165, 1.54) is 24.3 Å². The van der Waals surface area contributed by atoms with Crippen molar-refractivity contribution in [2.75, 3.05) is 6.61 Å². The molecule has 0 aliphatic carbocycles. The van der Waals surface area contributed by atoms with Gasteiger partial charge in [-0.05, 0) is 85.1 Å². The zero-order valence-corrected chi connectivity index (χ0v) is 18.7. The fraction of sp³-hybridized carbons (Fsp3) is 0.222. The van der Waals surface area contributed by atoms with Gasteiger partial charge in [-0.25, -0.2) is 9.59 Å². The van der Waals surface area contributed by atoms with Gasteiger partial charge in [-0.2, -0.15) is 5.26 Å². The molecule has 0 atom stereocenters.